The lowest BCUT2D eigenvalue weighted by molar-refractivity contribution is -0.385. The number of likely N-dealkylation sites (tertiary alicyclic amines) is 1. The minimum Gasteiger partial charge on any atom is -0.473 e. The molecule has 1 aliphatic heterocycles. The summed E-state index contributed by atoms with van der Waals surface area (Å²) in [5.41, 5.74) is -0.238. The minimum atomic E-state index is -0.576. The maximum Gasteiger partial charge on any atom is 0.282 e. The highest BCUT2D eigenvalue weighted by atomic mass is 35.5. The first-order valence-electron chi connectivity index (χ1n) is 7.70. The molecule has 3 rings (SSSR count). The Bertz CT molecular complexity index is 779. The number of nitrogens with zero attached hydrogens (tertiary/aromatic N) is 4. The maximum absolute atomic E-state index is 12.6. The molecule has 9 heteroatoms. The minimum absolute atomic E-state index is 0.00537. The van der Waals surface area contributed by atoms with E-state index in [0.29, 0.717) is 31.8 Å². The van der Waals surface area contributed by atoms with Crippen LogP contribution in [-0.4, -0.2) is 44.9 Å². The Morgan fingerprint density at radius 1 is 1.32 bits per heavy atom. The molecule has 25 heavy (non-hydrogen) atoms. The van der Waals surface area contributed by atoms with Crippen molar-refractivity contribution >= 4 is 23.2 Å². The van der Waals surface area contributed by atoms with Gasteiger partial charge in [0.25, 0.3) is 11.6 Å². The number of carbonyl (C=O) groups excluding carboxylic acids is 1. The molecule has 0 radical (unpaired) electrons. The van der Waals surface area contributed by atoms with Crippen LogP contribution >= 0.6 is 11.6 Å². The van der Waals surface area contributed by atoms with Crippen LogP contribution in [0.5, 0.6) is 5.88 Å². The van der Waals surface area contributed by atoms with Gasteiger partial charge in [-0.3, -0.25) is 19.9 Å². The zero-order valence-electron chi connectivity index (χ0n) is 13.2. The highest BCUT2D eigenvalue weighted by molar-refractivity contribution is 6.31. The topological polar surface area (TPSA) is 98.5 Å². The molecule has 2 aromatic rings. The lowest BCUT2D eigenvalue weighted by atomic mass is 10.1. The molecule has 1 saturated heterocycles. The van der Waals surface area contributed by atoms with Crippen LogP contribution in [0.4, 0.5) is 5.69 Å². The Morgan fingerprint density at radius 3 is 2.72 bits per heavy atom. The molecule has 0 aliphatic carbocycles. The Morgan fingerprint density at radius 2 is 2.08 bits per heavy atom. The van der Waals surface area contributed by atoms with Crippen LogP contribution in [0.2, 0.25) is 5.02 Å². The Balaban J connectivity index is 1.66. The molecule has 2 heterocycles. The molecule has 0 bridgehead atoms. The van der Waals surface area contributed by atoms with Gasteiger partial charge in [-0.15, -0.1) is 0 Å². The number of nitro benzene ring substituents is 1. The summed E-state index contributed by atoms with van der Waals surface area (Å²) in [6, 6.07) is 3.99. The highest BCUT2D eigenvalue weighted by Gasteiger charge is 2.29. The first-order valence-corrected chi connectivity index (χ1v) is 8.08. The molecule has 0 N–H and O–H groups in total. The summed E-state index contributed by atoms with van der Waals surface area (Å²) in [5, 5.41) is 11.4. The molecular weight excluding hydrogens is 348 g/mol. The Kier molecular flexibility index (Phi) is 5.08. The maximum atomic E-state index is 12.6. The van der Waals surface area contributed by atoms with Gasteiger partial charge in [0, 0.05) is 49.4 Å². The Labute approximate surface area is 148 Å². The fourth-order valence-electron chi connectivity index (χ4n) is 2.70. The van der Waals surface area contributed by atoms with E-state index < -0.39 is 10.8 Å². The second-order valence-electron chi connectivity index (χ2n) is 5.57. The van der Waals surface area contributed by atoms with E-state index in [4.69, 9.17) is 16.3 Å². The number of amides is 1. The molecular formula is C16H15ClN4O4. The van der Waals surface area contributed by atoms with Gasteiger partial charge < -0.3 is 9.64 Å². The van der Waals surface area contributed by atoms with Crippen molar-refractivity contribution in [3.05, 3.63) is 57.5 Å². The predicted octanol–water partition coefficient (Wildman–Crippen LogP) is 2.72. The van der Waals surface area contributed by atoms with Gasteiger partial charge in [-0.1, -0.05) is 11.6 Å². The number of hydrogen-bond acceptors (Lipinski definition) is 6. The Hall–Kier alpha value is -2.74. The average Bonchev–Trinajstić information content (AvgIpc) is 2.62. The lowest BCUT2D eigenvalue weighted by Gasteiger charge is -2.31. The third-order valence-corrected chi connectivity index (χ3v) is 4.18. The van der Waals surface area contributed by atoms with Crippen molar-refractivity contribution in [1.29, 1.82) is 0 Å². The van der Waals surface area contributed by atoms with Crippen molar-refractivity contribution in [2.75, 3.05) is 13.1 Å². The number of carbonyl (C=O) groups is 1. The van der Waals surface area contributed by atoms with Crippen LogP contribution in [-0.2, 0) is 0 Å². The average molecular weight is 363 g/mol. The summed E-state index contributed by atoms with van der Waals surface area (Å²) >= 11 is 5.89. The summed E-state index contributed by atoms with van der Waals surface area (Å²) in [5.74, 6) is 0.0462. The van der Waals surface area contributed by atoms with Crippen molar-refractivity contribution in [3.8, 4) is 5.88 Å². The summed E-state index contributed by atoms with van der Waals surface area (Å²) < 4.78 is 5.73. The van der Waals surface area contributed by atoms with Crippen LogP contribution in [0.15, 0.2) is 36.8 Å². The van der Waals surface area contributed by atoms with E-state index in [1.54, 1.807) is 17.3 Å². The summed E-state index contributed by atoms with van der Waals surface area (Å²) in [4.78, 5) is 32.8. The van der Waals surface area contributed by atoms with E-state index in [1.807, 2.05) is 0 Å². The monoisotopic (exact) mass is 362 g/mol. The highest BCUT2D eigenvalue weighted by Crippen LogP contribution is 2.26. The van der Waals surface area contributed by atoms with E-state index in [1.165, 1.54) is 24.4 Å². The zero-order valence-corrected chi connectivity index (χ0v) is 13.9. The lowest BCUT2D eigenvalue weighted by Crippen LogP contribution is -2.42. The molecule has 1 amide bonds. The molecule has 0 spiro atoms. The van der Waals surface area contributed by atoms with Crippen LogP contribution in [0.25, 0.3) is 0 Å². The third kappa shape index (κ3) is 4.03. The van der Waals surface area contributed by atoms with E-state index in [-0.39, 0.29) is 22.4 Å². The molecule has 1 aromatic carbocycles. The SMILES string of the molecule is O=C(c1cc(Cl)ccc1[N+](=O)[O-])N1CCC(Oc2cnccn2)CC1. The molecule has 0 atom stereocenters. The zero-order chi connectivity index (χ0) is 17.8. The van der Waals surface area contributed by atoms with Crippen molar-refractivity contribution in [1.82, 2.24) is 14.9 Å². The molecule has 0 unspecified atom stereocenters. The quantitative estimate of drug-likeness (QED) is 0.612. The summed E-state index contributed by atoms with van der Waals surface area (Å²) in [6.07, 6.45) is 5.79. The smallest absolute Gasteiger partial charge is 0.282 e. The van der Waals surface area contributed by atoms with Gasteiger partial charge in [0.2, 0.25) is 5.88 Å². The first-order chi connectivity index (χ1) is 12.0. The fourth-order valence-corrected chi connectivity index (χ4v) is 2.87. The van der Waals surface area contributed by atoms with Gasteiger partial charge in [-0.25, -0.2) is 4.98 Å². The molecule has 130 valence electrons. The van der Waals surface area contributed by atoms with E-state index in [2.05, 4.69) is 9.97 Å². The number of rotatable bonds is 4. The fraction of sp³-hybridized carbons (Fsp3) is 0.312. The standard InChI is InChI=1S/C16H15ClN4O4/c17-11-1-2-14(21(23)24)13(9-11)16(22)20-7-3-12(4-8-20)25-15-10-18-5-6-19-15/h1-2,5-6,9-10,12H,3-4,7-8H2. The second kappa shape index (κ2) is 7.43. The van der Waals surface area contributed by atoms with Crippen LogP contribution in [0, 0.1) is 10.1 Å². The molecule has 1 aromatic heterocycles. The molecule has 1 fully saturated rings. The number of aromatic nitrogens is 2. The number of piperidine rings is 1. The van der Waals surface area contributed by atoms with Crippen molar-refractivity contribution in [2.45, 2.75) is 18.9 Å². The summed E-state index contributed by atoms with van der Waals surface area (Å²) in [6.45, 7) is 0.876. The van der Waals surface area contributed by atoms with Crippen molar-refractivity contribution < 1.29 is 14.5 Å². The largest absolute Gasteiger partial charge is 0.473 e. The molecule has 1 aliphatic rings. The van der Waals surface area contributed by atoms with E-state index in [0.717, 1.165) is 0 Å². The van der Waals surface area contributed by atoms with Gasteiger partial charge in [0.1, 0.15) is 11.7 Å². The van der Waals surface area contributed by atoms with Gasteiger partial charge in [-0.05, 0) is 12.1 Å². The third-order valence-electron chi connectivity index (χ3n) is 3.94. The number of nitro groups is 1. The first kappa shape index (κ1) is 17.1. The molecule has 8 nitrogen and oxygen atoms in total. The number of hydrogen-bond donors (Lipinski definition) is 0. The number of benzene rings is 1. The number of halogens is 1. The van der Waals surface area contributed by atoms with E-state index >= 15 is 0 Å². The second-order valence-corrected chi connectivity index (χ2v) is 6.01. The summed E-state index contributed by atoms with van der Waals surface area (Å²) in [7, 11) is 0. The van der Waals surface area contributed by atoms with Gasteiger partial charge in [-0.2, -0.15) is 0 Å². The normalized spacial score (nSPS) is 15.0. The van der Waals surface area contributed by atoms with Crippen molar-refractivity contribution in [3.63, 3.8) is 0 Å². The van der Waals surface area contributed by atoms with E-state index in [9.17, 15) is 14.9 Å². The van der Waals surface area contributed by atoms with Crippen molar-refractivity contribution in [2.24, 2.45) is 0 Å². The predicted molar refractivity (Wildman–Crippen MR) is 89.7 cm³/mol. The van der Waals surface area contributed by atoms with Gasteiger partial charge >= 0.3 is 0 Å². The van der Waals surface area contributed by atoms with Crippen LogP contribution in [0.1, 0.15) is 23.2 Å². The van der Waals surface area contributed by atoms with Crippen LogP contribution in [0.3, 0.4) is 0 Å². The van der Waals surface area contributed by atoms with Gasteiger partial charge in [0.15, 0.2) is 0 Å². The number of ether oxygens (including phenoxy) is 1. The van der Waals surface area contributed by atoms with Gasteiger partial charge in [0.05, 0.1) is 11.1 Å². The van der Waals surface area contributed by atoms with Crippen LogP contribution < -0.4 is 4.74 Å². The molecule has 0 saturated carbocycles.